The summed E-state index contributed by atoms with van der Waals surface area (Å²) in [5.41, 5.74) is 4.54. The van der Waals surface area contributed by atoms with Gasteiger partial charge >= 0.3 is 5.97 Å². The molecule has 3 heterocycles. The summed E-state index contributed by atoms with van der Waals surface area (Å²) in [6.07, 6.45) is 3.30. The van der Waals surface area contributed by atoms with Crippen LogP contribution in [0.2, 0.25) is 0 Å². The highest BCUT2D eigenvalue weighted by molar-refractivity contribution is 7.18. The molecular formula is C25H14F2N2O2S. The maximum Gasteiger partial charge on any atom is 0.338 e. The van der Waals surface area contributed by atoms with Crippen LogP contribution in [0.5, 0.6) is 0 Å². The number of nitrogens with zero attached hydrogens (tertiary/aromatic N) is 2. The molecule has 0 atom stereocenters. The third-order valence-electron chi connectivity index (χ3n) is 5.15. The maximum absolute atomic E-state index is 13.7. The van der Waals surface area contributed by atoms with Crippen LogP contribution in [0.15, 0.2) is 78.4 Å². The highest BCUT2D eigenvalue weighted by Crippen LogP contribution is 2.45. The molecule has 2 aromatic carbocycles. The molecule has 0 radical (unpaired) electrons. The molecule has 5 rings (SSSR count). The van der Waals surface area contributed by atoms with E-state index in [-0.39, 0.29) is 17.2 Å². The van der Waals surface area contributed by atoms with Crippen LogP contribution in [0.4, 0.5) is 8.78 Å². The van der Waals surface area contributed by atoms with Gasteiger partial charge in [0.05, 0.1) is 21.5 Å². The first-order chi connectivity index (χ1) is 15.5. The molecule has 5 aromatic rings. The number of pyridine rings is 2. The van der Waals surface area contributed by atoms with Crippen LogP contribution in [0, 0.1) is 11.6 Å². The number of aromatic nitrogens is 2. The smallest absolute Gasteiger partial charge is 0.338 e. The van der Waals surface area contributed by atoms with Gasteiger partial charge in [0.1, 0.15) is 11.6 Å². The van der Waals surface area contributed by atoms with Crippen LogP contribution in [0.25, 0.3) is 43.7 Å². The third kappa shape index (κ3) is 3.42. The van der Waals surface area contributed by atoms with Gasteiger partial charge < -0.3 is 5.11 Å². The molecule has 3 aromatic heterocycles. The van der Waals surface area contributed by atoms with Gasteiger partial charge in [-0.3, -0.25) is 4.98 Å². The van der Waals surface area contributed by atoms with E-state index in [2.05, 4.69) is 4.98 Å². The Balaban J connectivity index is 1.96. The Morgan fingerprint density at radius 3 is 1.94 bits per heavy atom. The molecule has 0 fully saturated rings. The number of rotatable bonds is 4. The zero-order valence-corrected chi connectivity index (χ0v) is 17.2. The molecule has 32 heavy (non-hydrogen) atoms. The molecule has 0 aliphatic heterocycles. The molecular weight excluding hydrogens is 430 g/mol. The third-order valence-corrected chi connectivity index (χ3v) is 6.14. The quantitative estimate of drug-likeness (QED) is 0.336. The van der Waals surface area contributed by atoms with Crippen molar-refractivity contribution in [2.45, 2.75) is 0 Å². The molecule has 0 amide bonds. The van der Waals surface area contributed by atoms with Crippen molar-refractivity contribution >= 4 is 27.5 Å². The molecule has 4 nitrogen and oxygen atoms in total. The van der Waals surface area contributed by atoms with E-state index in [1.54, 1.807) is 42.0 Å². The minimum atomic E-state index is -1.09. The molecule has 0 saturated carbocycles. The Morgan fingerprint density at radius 1 is 0.781 bits per heavy atom. The van der Waals surface area contributed by atoms with Gasteiger partial charge in [0, 0.05) is 34.5 Å². The minimum absolute atomic E-state index is 0.0815. The lowest BCUT2D eigenvalue weighted by molar-refractivity contribution is 0.0699. The minimum Gasteiger partial charge on any atom is -0.478 e. The standard InChI is InChI=1S/C25H14F2N2O2S/c26-17-5-1-14(2-6-17)21-20(15-9-11-28-12-10-15)22(16-3-7-18(27)8-4-16)29-23-19(25(30)31)13-32-24(21)23/h1-13H,(H,30,31). The van der Waals surface area contributed by atoms with Crippen LogP contribution < -0.4 is 0 Å². The number of carboxylic acid groups (broad SMARTS) is 1. The van der Waals surface area contributed by atoms with Crippen molar-refractivity contribution in [1.29, 1.82) is 0 Å². The second-order valence-corrected chi connectivity index (χ2v) is 7.97. The maximum atomic E-state index is 13.7. The van der Waals surface area contributed by atoms with Gasteiger partial charge in [-0.15, -0.1) is 11.3 Å². The number of aromatic carboxylic acids is 1. The van der Waals surface area contributed by atoms with Crippen LogP contribution >= 0.6 is 11.3 Å². The van der Waals surface area contributed by atoms with Crippen molar-refractivity contribution in [3.63, 3.8) is 0 Å². The molecule has 1 N–H and O–H groups in total. The zero-order valence-electron chi connectivity index (χ0n) is 16.4. The van der Waals surface area contributed by atoms with Crippen molar-refractivity contribution in [1.82, 2.24) is 9.97 Å². The van der Waals surface area contributed by atoms with Gasteiger partial charge in [-0.2, -0.15) is 0 Å². The average molecular weight is 444 g/mol. The van der Waals surface area contributed by atoms with Crippen molar-refractivity contribution in [3.8, 4) is 33.5 Å². The molecule has 7 heteroatoms. The number of benzene rings is 2. The fourth-order valence-electron chi connectivity index (χ4n) is 3.70. The molecule has 0 aliphatic rings. The average Bonchev–Trinajstić information content (AvgIpc) is 3.24. The first-order valence-electron chi connectivity index (χ1n) is 9.63. The number of fused-ring (bicyclic) bond motifs is 1. The van der Waals surface area contributed by atoms with E-state index in [9.17, 15) is 18.7 Å². The summed E-state index contributed by atoms with van der Waals surface area (Å²) < 4.78 is 28.0. The first kappa shape index (κ1) is 20.0. The van der Waals surface area contributed by atoms with Gasteiger partial charge in [-0.1, -0.05) is 12.1 Å². The van der Waals surface area contributed by atoms with Crippen LogP contribution in [0.3, 0.4) is 0 Å². The summed E-state index contributed by atoms with van der Waals surface area (Å²) in [6, 6.07) is 15.6. The van der Waals surface area contributed by atoms with Crippen LogP contribution in [-0.2, 0) is 0 Å². The normalized spacial score (nSPS) is 11.1. The second kappa shape index (κ2) is 7.94. The molecule has 0 unspecified atom stereocenters. The number of halogens is 2. The lowest BCUT2D eigenvalue weighted by Gasteiger charge is -2.17. The van der Waals surface area contributed by atoms with E-state index in [4.69, 9.17) is 4.98 Å². The van der Waals surface area contributed by atoms with Crippen LogP contribution in [0.1, 0.15) is 10.4 Å². The molecule has 0 spiro atoms. The van der Waals surface area contributed by atoms with Crippen molar-refractivity contribution in [3.05, 3.63) is 95.6 Å². The number of carbonyl (C=O) groups is 1. The summed E-state index contributed by atoms with van der Waals surface area (Å²) in [5, 5.41) is 11.3. The molecule has 0 bridgehead atoms. The Hall–Kier alpha value is -3.97. The topological polar surface area (TPSA) is 63.1 Å². The highest BCUT2D eigenvalue weighted by Gasteiger charge is 2.24. The predicted octanol–water partition coefficient (Wildman–Crippen LogP) is 6.67. The Morgan fingerprint density at radius 2 is 1.34 bits per heavy atom. The van der Waals surface area contributed by atoms with Gasteiger partial charge in [0.25, 0.3) is 0 Å². The summed E-state index contributed by atoms with van der Waals surface area (Å²) in [5.74, 6) is -1.85. The van der Waals surface area contributed by atoms with Crippen molar-refractivity contribution in [2.75, 3.05) is 0 Å². The predicted molar refractivity (Wildman–Crippen MR) is 121 cm³/mol. The van der Waals surface area contributed by atoms with E-state index < -0.39 is 5.97 Å². The molecule has 0 saturated heterocycles. The SMILES string of the molecule is O=C(O)c1csc2c(-c3ccc(F)cc3)c(-c3ccncc3)c(-c3ccc(F)cc3)nc12. The number of hydrogen-bond acceptors (Lipinski definition) is 4. The molecule has 0 aliphatic carbocycles. The second-order valence-electron chi connectivity index (χ2n) is 7.09. The van der Waals surface area contributed by atoms with Crippen molar-refractivity contribution < 1.29 is 18.7 Å². The number of hydrogen-bond donors (Lipinski definition) is 1. The Bertz CT molecular complexity index is 1450. The van der Waals surface area contributed by atoms with Gasteiger partial charge in [0.15, 0.2) is 0 Å². The van der Waals surface area contributed by atoms with Gasteiger partial charge in [-0.25, -0.2) is 18.6 Å². The fourth-order valence-corrected chi connectivity index (χ4v) is 4.75. The lowest BCUT2D eigenvalue weighted by atomic mass is 9.90. The number of carboxylic acids is 1. The van der Waals surface area contributed by atoms with E-state index in [0.29, 0.717) is 27.0 Å². The summed E-state index contributed by atoms with van der Waals surface area (Å²) in [7, 11) is 0. The van der Waals surface area contributed by atoms with E-state index in [0.717, 1.165) is 16.7 Å². The molecule has 156 valence electrons. The Kier molecular flexibility index (Phi) is 4.95. The monoisotopic (exact) mass is 444 g/mol. The van der Waals surface area contributed by atoms with E-state index in [1.165, 1.54) is 35.6 Å². The van der Waals surface area contributed by atoms with Gasteiger partial charge in [0.2, 0.25) is 0 Å². The lowest BCUT2D eigenvalue weighted by Crippen LogP contribution is -1.99. The van der Waals surface area contributed by atoms with Gasteiger partial charge in [-0.05, 0) is 59.7 Å². The Labute approximate surface area is 185 Å². The van der Waals surface area contributed by atoms with E-state index in [1.807, 2.05) is 12.1 Å². The summed E-state index contributed by atoms with van der Waals surface area (Å²) in [4.78, 5) is 20.7. The van der Waals surface area contributed by atoms with E-state index >= 15 is 0 Å². The zero-order chi connectivity index (χ0) is 22.2. The summed E-state index contributed by atoms with van der Waals surface area (Å²) in [6.45, 7) is 0. The summed E-state index contributed by atoms with van der Waals surface area (Å²) >= 11 is 1.27. The largest absolute Gasteiger partial charge is 0.478 e. The fraction of sp³-hybridized carbons (Fsp3) is 0. The highest BCUT2D eigenvalue weighted by atomic mass is 32.1. The first-order valence-corrected chi connectivity index (χ1v) is 10.5. The van der Waals surface area contributed by atoms with Crippen LogP contribution in [-0.4, -0.2) is 21.0 Å². The number of thiophene rings is 1. The van der Waals surface area contributed by atoms with Crippen molar-refractivity contribution in [2.24, 2.45) is 0 Å².